The molecule has 1 heterocycles. The van der Waals surface area contributed by atoms with E-state index in [1.807, 2.05) is 4.90 Å². The molecular formula is C19H26FN3O2. The average molecular weight is 347 g/mol. The Kier molecular flexibility index (Phi) is 5.37. The number of hydrogen-bond acceptors (Lipinski definition) is 3. The van der Waals surface area contributed by atoms with Crippen LogP contribution in [-0.4, -0.2) is 47.3 Å². The SMILES string of the molecule is CN(Cc1ccccc1F)C(=O)CN1[C@H](C(N)=O)C[C@H]2CCCC[C@@H]21. The monoisotopic (exact) mass is 347 g/mol. The second-order valence-corrected chi connectivity index (χ2v) is 7.28. The van der Waals surface area contributed by atoms with Gasteiger partial charge in [0.15, 0.2) is 0 Å². The Morgan fingerprint density at radius 2 is 2.00 bits per heavy atom. The van der Waals surface area contributed by atoms with Crippen molar-refractivity contribution in [2.24, 2.45) is 11.7 Å². The minimum absolute atomic E-state index is 0.110. The summed E-state index contributed by atoms with van der Waals surface area (Å²) in [5, 5.41) is 0. The number of benzene rings is 1. The molecule has 6 heteroatoms. The molecule has 1 aromatic carbocycles. The van der Waals surface area contributed by atoms with Crippen molar-refractivity contribution in [1.29, 1.82) is 0 Å². The molecule has 2 N–H and O–H groups in total. The molecule has 0 radical (unpaired) electrons. The first-order valence-corrected chi connectivity index (χ1v) is 9.00. The van der Waals surface area contributed by atoms with Crippen molar-refractivity contribution < 1.29 is 14.0 Å². The van der Waals surface area contributed by atoms with Crippen molar-refractivity contribution in [3.05, 3.63) is 35.6 Å². The highest BCUT2D eigenvalue weighted by Crippen LogP contribution is 2.39. The number of carbonyl (C=O) groups excluding carboxylic acids is 2. The number of nitrogens with two attached hydrogens (primary N) is 1. The Balaban J connectivity index is 1.67. The molecule has 3 atom stereocenters. The summed E-state index contributed by atoms with van der Waals surface area (Å²) in [6.45, 7) is 0.383. The molecule has 25 heavy (non-hydrogen) atoms. The van der Waals surface area contributed by atoms with Crippen molar-refractivity contribution in [3.63, 3.8) is 0 Å². The third-order valence-electron chi connectivity index (χ3n) is 5.66. The van der Waals surface area contributed by atoms with Crippen LogP contribution in [0, 0.1) is 11.7 Å². The van der Waals surface area contributed by atoms with Gasteiger partial charge < -0.3 is 10.6 Å². The van der Waals surface area contributed by atoms with Gasteiger partial charge in [-0.15, -0.1) is 0 Å². The summed E-state index contributed by atoms with van der Waals surface area (Å²) in [6.07, 6.45) is 5.18. The third kappa shape index (κ3) is 3.84. The van der Waals surface area contributed by atoms with Gasteiger partial charge in [-0.2, -0.15) is 0 Å². The quantitative estimate of drug-likeness (QED) is 0.885. The summed E-state index contributed by atoms with van der Waals surface area (Å²) in [7, 11) is 1.67. The maximum atomic E-state index is 13.8. The Hall–Kier alpha value is -1.95. The minimum atomic E-state index is -0.362. The van der Waals surface area contributed by atoms with Gasteiger partial charge in [0, 0.05) is 25.2 Å². The molecular weight excluding hydrogens is 321 g/mol. The number of carbonyl (C=O) groups is 2. The lowest BCUT2D eigenvalue weighted by Gasteiger charge is -2.33. The molecule has 2 amide bonds. The predicted molar refractivity (Wildman–Crippen MR) is 92.9 cm³/mol. The number of rotatable bonds is 5. The van der Waals surface area contributed by atoms with Gasteiger partial charge in [0.2, 0.25) is 11.8 Å². The van der Waals surface area contributed by atoms with Gasteiger partial charge in [-0.1, -0.05) is 31.0 Å². The third-order valence-corrected chi connectivity index (χ3v) is 5.66. The molecule has 0 bridgehead atoms. The summed E-state index contributed by atoms with van der Waals surface area (Å²) < 4.78 is 13.8. The second-order valence-electron chi connectivity index (χ2n) is 7.28. The fourth-order valence-corrected chi connectivity index (χ4v) is 4.31. The molecule has 5 nitrogen and oxygen atoms in total. The number of amides is 2. The molecule has 1 saturated carbocycles. The highest BCUT2D eigenvalue weighted by atomic mass is 19.1. The fourth-order valence-electron chi connectivity index (χ4n) is 4.31. The smallest absolute Gasteiger partial charge is 0.236 e. The predicted octanol–water partition coefficient (Wildman–Crippen LogP) is 1.90. The van der Waals surface area contributed by atoms with Crippen molar-refractivity contribution in [2.45, 2.75) is 50.7 Å². The molecule has 1 aliphatic carbocycles. The summed E-state index contributed by atoms with van der Waals surface area (Å²) in [6, 6.07) is 6.36. The maximum absolute atomic E-state index is 13.8. The van der Waals surface area contributed by atoms with E-state index in [0.717, 1.165) is 25.7 Å². The van der Waals surface area contributed by atoms with E-state index in [-0.39, 0.29) is 42.8 Å². The Labute approximate surface area is 148 Å². The second kappa shape index (κ2) is 7.52. The standard InChI is InChI=1S/C19H26FN3O2/c1-22(11-14-7-2-4-8-15(14)20)18(24)12-23-16-9-5-3-6-13(16)10-17(23)19(21)25/h2,4,7-8,13,16-17H,3,5-6,9-12H2,1H3,(H2,21,25)/t13-,16+,17+/m1/s1. The van der Waals surface area contributed by atoms with Crippen LogP contribution in [0.5, 0.6) is 0 Å². The normalized spacial score (nSPS) is 26.2. The van der Waals surface area contributed by atoms with E-state index in [9.17, 15) is 14.0 Å². The highest BCUT2D eigenvalue weighted by Gasteiger charge is 2.45. The molecule has 136 valence electrons. The van der Waals surface area contributed by atoms with Crippen LogP contribution >= 0.6 is 0 Å². The number of halogens is 1. The van der Waals surface area contributed by atoms with Crippen LogP contribution in [0.25, 0.3) is 0 Å². The van der Waals surface area contributed by atoms with Crippen LogP contribution in [0.3, 0.4) is 0 Å². The number of nitrogens with zero attached hydrogens (tertiary/aromatic N) is 2. The van der Waals surface area contributed by atoms with Crippen LogP contribution < -0.4 is 5.73 Å². The minimum Gasteiger partial charge on any atom is -0.368 e. The molecule has 2 aliphatic rings. The zero-order valence-electron chi connectivity index (χ0n) is 14.7. The van der Waals surface area contributed by atoms with Crippen LogP contribution in [0.4, 0.5) is 4.39 Å². The van der Waals surface area contributed by atoms with Gasteiger partial charge >= 0.3 is 0 Å². The van der Waals surface area contributed by atoms with E-state index in [1.54, 1.807) is 25.2 Å². The molecule has 0 aromatic heterocycles. The molecule has 3 rings (SSSR count). The van der Waals surface area contributed by atoms with Gasteiger partial charge in [-0.05, 0) is 31.2 Å². The molecule has 2 fully saturated rings. The van der Waals surface area contributed by atoms with Crippen molar-refractivity contribution in [2.75, 3.05) is 13.6 Å². The van der Waals surface area contributed by atoms with Crippen molar-refractivity contribution in [1.82, 2.24) is 9.80 Å². The number of primary amides is 1. The lowest BCUT2D eigenvalue weighted by atomic mass is 9.84. The lowest BCUT2D eigenvalue weighted by molar-refractivity contribution is -0.133. The van der Waals surface area contributed by atoms with Gasteiger partial charge in [0.1, 0.15) is 5.82 Å². The Morgan fingerprint density at radius 3 is 2.72 bits per heavy atom. The molecule has 0 unspecified atom stereocenters. The number of likely N-dealkylation sites (tertiary alicyclic amines) is 1. The number of hydrogen-bond donors (Lipinski definition) is 1. The molecule has 1 saturated heterocycles. The number of fused-ring (bicyclic) bond motifs is 1. The molecule has 1 aliphatic heterocycles. The van der Waals surface area contributed by atoms with Crippen LogP contribution in [0.15, 0.2) is 24.3 Å². The van der Waals surface area contributed by atoms with E-state index < -0.39 is 0 Å². The zero-order chi connectivity index (χ0) is 18.0. The summed E-state index contributed by atoms with van der Waals surface area (Å²) in [5.41, 5.74) is 6.07. The first-order valence-electron chi connectivity index (χ1n) is 9.00. The molecule has 0 spiro atoms. The van der Waals surface area contributed by atoms with Gasteiger partial charge in [-0.25, -0.2) is 4.39 Å². The van der Waals surface area contributed by atoms with Crippen LogP contribution in [0.1, 0.15) is 37.7 Å². The van der Waals surface area contributed by atoms with Crippen LogP contribution in [0.2, 0.25) is 0 Å². The van der Waals surface area contributed by atoms with Gasteiger partial charge in [0.05, 0.1) is 12.6 Å². The Morgan fingerprint density at radius 1 is 1.28 bits per heavy atom. The summed E-state index contributed by atoms with van der Waals surface area (Å²) in [5.74, 6) is -0.318. The zero-order valence-corrected chi connectivity index (χ0v) is 14.7. The average Bonchev–Trinajstić information content (AvgIpc) is 2.96. The van der Waals surface area contributed by atoms with Gasteiger partial charge in [0.25, 0.3) is 0 Å². The summed E-state index contributed by atoms with van der Waals surface area (Å²) in [4.78, 5) is 28.0. The topological polar surface area (TPSA) is 66.6 Å². The summed E-state index contributed by atoms with van der Waals surface area (Å²) >= 11 is 0. The number of likely N-dealkylation sites (N-methyl/N-ethyl adjacent to an activating group) is 1. The first kappa shape index (κ1) is 17.9. The lowest BCUT2D eigenvalue weighted by Crippen LogP contribution is -2.49. The van der Waals surface area contributed by atoms with Crippen molar-refractivity contribution in [3.8, 4) is 0 Å². The van der Waals surface area contributed by atoms with Gasteiger partial charge in [-0.3, -0.25) is 14.5 Å². The van der Waals surface area contributed by atoms with E-state index in [4.69, 9.17) is 5.73 Å². The fraction of sp³-hybridized carbons (Fsp3) is 0.579. The maximum Gasteiger partial charge on any atom is 0.236 e. The largest absolute Gasteiger partial charge is 0.368 e. The van der Waals surface area contributed by atoms with Crippen molar-refractivity contribution >= 4 is 11.8 Å². The first-order chi connectivity index (χ1) is 12.0. The van der Waals surface area contributed by atoms with E-state index in [0.29, 0.717) is 11.5 Å². The molecule has 1 aromatic rings. The van der Waals surface area contributed by atoms with E-state index in [1.165, 1.54) is 17.4 Å². The van der Waals surface area contributed by atoms with E-state index >= 15 is 0 Å². The Bertz CT molecular complexity index is 651. The highest BCUT2D eigenvalue weighted by molar-refractivity contribution is 5.83. The van der Waals surface area contributed by atoms with Crippen LogP contribution in [-0.2, 0) is 16.1 Å². The van der Waals surface area contributed by atoms with E-state index in [2.05, 4.69) is 0 Å².